The Morgan fingerprint density at radius 3 is 2.88 bits per heavy atom. The standard InChI is InChI=1S/C20H24ClN3O2/c1-14-13-26-9-8-23(14)17-11-19(22-20(25)12-17)24-7-3-6-18(24)15-4-2-5-16(21)10-15/h2,4-5,10-12,14,18H,3,6-9,13H2,1H3,(H,22,25). The Bertz CT molecular complexity index is 838. The Morgan fingerprint density at radius 1 is 1.19 bits per heavy atom. The van der Waals surface area contributed by atoms with Gasteiger partial charge >= 0.3 is 0 Å². The Hall–Kier alpha value is -1.98. The van der Waals surface area contributed by atoms with Gasteiger partial charge in [-0.3, -0.25) is 4.79 Å². The highest BCUT2D eigenvalue weighted by Crippen LogP contribution is 2.36. The van der Waals surface area contributed by atoms with Crippen molar-refractivity contribution in [2.45, 2.75) is 31.8 Å². The monoisotopic (exact) mass is 373 g/mol. The third-order valence-corrected chi connectivity index (χ3v) is 5.54. The maximum Gasteiger partial charge on any atom is 0.251 e. The van der Waals surface area contributed by atoms with Crippen LogP contribution in [0.25, 0.3) is 0 Å². The fourth-order valence-corrected chi connectivity index (χ4v) is 4.26. The molecule has 4 rings (SSSR count). The number of nitrogens with one attached hydrogen (secondary N) is 1. The molecule has 2 atom stereocenters. The van der Waals surface area contributed by atoms with E-state index < -0.39 is 0 Å². The predicted octanol–water partition coefficient (Wildman–Crippen LogP) is 3.59. The van der Waals surface area contributed by atoms with Crippen molar-refractivity contribution in [3.05, 3.63) is 57.3 Å². The Balaban J connectivity index is 1.67. The van der Waals surface area contributed by atoms with Crippen LogP contribution >= 0.6 is 11.6 Å². The first-order valence-corrected chi connectivity index (χ1v) is 9.60. The van der Waals surface area contributed by atoms with E-state index in [1.165, 1.54) is 5.56 Å². The van der Waals surface area contributed by atoms with Crippen molar-refractivity contribution in [2.75, 3.05) is 36.1 Å². The van der Waals surface area contributed by atoms with Crippen molar-refractivity contribution in [1.29, 1.82) is 0 Å². The molecular weight excluding hydrogens is 350 g/mol. The SMILES string of the molecule is CC1COCCN1c1cc(N2CCCC2c2cccc(Cl)c2)[nH]c(=O)c1. The summed E-state index contributed by atoms with van der Waals surface area (Å²) in [5.74, 6) is 0.883. The molecule has 0 amide bonds. The van der Waals surface area contributed by atoms with Crippen molar-refractivity contribution in [2.24, 2.45) is 0 Å². The van der Waals surface area contributed by atoms with Gasteiger partial charge in [-0.2, -0.15) is 0 Å². The van der Waals surface area contributed by atoms with Gasteiger partial charge in [0.1, 0.15) is 5.82 Å². The van der Waals surface area contributed by atoms with E-state index in [-0.39, 0.29) is 17.6 Å². The van der Waals surface area contributed by atoms with Crippen LogP contribution < -0.4 is 15.4 Å². The molecule has 1 N–H and O–H groups in total. The fourth-order valence-electron chi connectivity index (χ4n) is 4.06. The van der Waals surface area contributed by atoms with Gasteiger partial charge in [-0.05, 0) is 37.5 Å². The first-order chi connectivity index (χ1) is 12.6. The highest BCUT2D eigenvalue weighted by atomic mass is 35.5. The van der Waals surface area contributed by atoms with Gasteiger partial charge in [0.15, 0.2) is 0 Å². The van der Waals surface area contributed by atoms with Crippen LogP contribution in [0.5, 0.6) is 0 Å². The second kappa shape index (κ2) is 7.33. The summed E-state index contributed by atoms with van der Waals surface area (Å²) in [6.45, 7) is 5.25. The summed E-state index contributed by atoms with van der Waals surface area (Å²) < 4.78 is 5.53. The average Bonchev–Trinajstić information content (AvgIpc) is 3.11. The van der Waals surface area contributed by atoms with Crippen LogP contribution in [0, 0.1) is 0 Å². The molecule has 5 nitrogen and oxygen atoms in total. The number of aromatic nitrogens is 1. The minimum atomic E-state index is -0.0621. The Morgan fingerprint density at radius 2 is 2.08 bits per heavy atom. The minimum Gasteiger partial charge on any atom is -0.377 e. The van der Waals surface area contributed by atoms with E-state index >= 15 is 0 Å². The number of benzene rings is 1. The van der Waals surface area contributed by atoms with Crippen molar-refractivity contribution in [3.8, 4) is 0 Å². The molecule has 2 unspecified atom stereocenters. The average molecular weight is 374 g/mol. The van der Waals surface area contributed by atoms with E-state index in [1.54, 1.807) is 6.07 Å². The van der Waals surface area contributed by atoms with Crippen LogP contribution in [-0.4, -0.2) is 37.3 Å². The smallest absolute Gasteiger partial charge is 0.251 e. The van der Waals surface area contributed by atoms with Crippen molar-refractivity contribution in [3.63, 3.8) is 0 Å². The molecule has 0 spiro atoms. The number of nitrogens with zero attached hydrogens (tertiary/aromatic N) is 2. The number of pyridine rings is 1. The number of hydrogen-bond acceptors (Lipinski definition) is 4. The summed E-state index contributed by atoms with van der Waals surface area (Å²) in [7, 11) is 0. The number of ether oxygens (including phenoxy) is 1. The number of H-pyrrole nitrogens is 1. The van der Waals surface area contributed by atoms with Crippen molar-refractivity contribution < 1.29 is 4.74 Å². The van der Waals surface area contributed by atoms with E-state index in [0.717, 1.165) is 42.5 Å². The fraction of sp³-hybridized carbons (Fsp3) is 0.450. The maximum atomic E-state index is 12.4. The summed E-state index contributed by atoms with van der Waals surface area (Å²) in [5, 5.41) is 0.749. The van der Waals surface area contributed by atoms with Crippen LogP contribution in [0.2, 0.25) is 5.02 Å². The first-order valence-electron chi connectivity index (χ1n) is 9.23. The van der Waals surface area contributed by atoms with E-state index in [2.05, 4.69) is 33.8 Å². The molecule has 26 heavy (non-hydrogen) atoms. The highest BCUT2D eigenvalue weighted by molar-refractivity contribution is 6.30. The molecule has 0 saturated carbocycles. The lowest BCUT2D eigenvalue weighted by Crippen LogP contribution is -2.44. The van der Waals surface area contributed by atoms with E-state index in [1.807, 2.05) is 18.2 Å². The third-order valence-electron chi connectivity index (χ3n) is 5.31. The molecular formula is C20H24ClN3O2. The molecule has 2 aliphatic heterocycles. The molecule has 3 heterocycles. The zero-order valence-corrected chi connectivity index (χ0v) is 15.7. The maximum absolute atomic E-state index is 12.4. The molecule has 6 heteroatoms. The van der Waals surface area contributed by atoms with Crippen LogP contribution in [0.3, 0.4) is 0 Å². The summed E-state index contributed by atoms with van der Waals surface area (Å²) in [6, 6.07) is 12.3. The molecule has 1 aromatic carbocycles. The van der Waals surface area contributed by atoms with Gasteiger partial charge < -0.3 is 19.5 Å². The van der Waals surface area contributed by atoms with Gasteiger partial charge in [0.25, 0.3) is 5.56 Å². The Kier molecular flexibility index (Phi) is 4.92. The van der Waals surface area contributed by atoms with Gasteiger partial charge in [0.2, 0.25) is 0 Å². The topological polar surface area (TPSA) is 48.6 Å². The van der Waals surface area contributed by atoms with E-state index in [0.29, 0.717) is 13.2 Å². The van der Waals surface area contributed by atoms with Gasteiger partial charge in [-0.1, -0.05) is 23.7 Å². The van der Waals surface area contributed by atoms with Crippen LogP contribution in [0.4, 0.5) is 11.5 Å². The van der Waals surface area contributed by atoms with Gasteiger partial charge in [-0.25, -0.2) is 0 Å². The first kappa shape index (κ1) is 17.4. The molecule has 0 bridgehead atoms. The molecule has 2 aliphatic rings. The number of morpholine rings is 1. The molecule has 0 radical (unpaired) electrons. The summed E-state index contributed by atoms with van der Waals surface area (Å²) in [4.78, 5) is 19.9. The van der Waals surface area contributed by atoms with Crippen molar-refractivity contribution in [1.82, 2.24) is 4.98 Å². The molecule has 2 fully saturated rings. The van der Waals surface area contributed by atoms with Crippen molar-refractivity contribution >= 4 is 23.1 Å². The zero-order chi connectivity index (χ0) is 18.1. The van der Waals surface area contributed by atoms with Gasteiger partial charge in [-0.15, -0.1) is 0 Å². The zero-order valence-electron chi connectivity index (χ0n) is 15.0. The number of hydrogen-bond donors (Lipinski definition) is 1. The molecule has 2 saturated heterocycles. The van der Waals surface area contributed by atoms with Crippen LogP contribution in [0.1, 0.15) is 31.4 Å². The van der Waals surface area contributed by atoms with E-state index in [9.17, 15) is 4.79 Å². The lowest BCUT2D eigenvalue weighted by molar-refractivity contribution is 0.0989. The van der Waals surface area contributed by atoms with Crippen LogP contribution in [-0.2, 0) is 4.74 Å². The summed E-state index contributed by atoms with van der Waals surface area (Å²) in [6.07, 6.45) is 2.15. The second-order valence-electron chi connectivity index (χ2n) is 7.11. The minimum absolute atomic E-state index is 0.0621. The highest BCUT2D eigenvalue weighted by Gasteiger charge is 2.28. The second-order valence-corrected chi connectivity index (χ2v) is 7.55. The van der Waals surface area contributed by atoms with Gasteiger partial charge in [0.05, 0.1) is 19.3 Å². The summed E-state index contributed by atoms with van der Waals surface area (Å²) in [5.41, 5.74) is 2.10. The number of halogens is 1. The third kappa shape index (κ3) is 3.46. The van der Waals surface area contributed by atoms with Gasteiger partial charge in [0, 0.05) is 42.0 Å². The Labute approximate surface area is 158 Å². The lowest BCUT2D eigenvalue weighted by atomic mass is 10.0. The molecule has 2 aromatic rings. The normalized spacial score (nSPS) is 23.5. The summed E-state index contributed by atoms with van der Waals surface area (Å²) >= 11 is 6.19. The number of rotatable bonds is 3. The molecule has 138 valence electrons. The molecule has 1 aromatic heterocycles. The quantitative estimate of drug-likeness (QED) is 0.893. The van der Waals surface area contributed by atoms with E-state index in [4.69, 9.17) is 16.3 Å². The largest absolute Gasteiger partial charge is 0.377 e. The van der Waals surface area contributed by atoms with Crippen LogP contribution in [0.15, 0.2) is 41.2 Å². The number of anilines is 2. The number of aromatic amines is 1. The predicted molar refractivity (Wildman–Crippen MR) is 105 cm³/mol. The lowest BCUT2D eigenvalue weighted by Gasteiger charge is -2.36. The molecule has 0 aliphatic carbocycles.